The summed E-state index contributed by atoms with van der Waals surface area (Å²) in [4.78, 5) is 29.0. The first-order valence-corrected chi connectivity index (χ1v) is 10.3. The summed E-state index contributed by atoms with van der Waals surface area (Å²) in [6.07, 6.45) is 2.30. The van der Waals surface area contributed by atoms with Gasteiger partial charge in [-0.25, -0.2) is 0 Å². The van der Waals surface area contributed by atoms with Crippen LogP contribution in [0.25, 0.3) is 11.1 Å². The zero-order valence-corrected chi connectivity index (χ0v) is 17.2. The molecule has 1 fully saturated rings. The Morgan fingerprint density at radius 1 is 1.00 bits per heavy atom. The van der Waals surface area contributed by atoms with E-state index in [9.17, 15) is 9.59 Å². The fourth-order valence-corrected chi connectivity index (χ4v) is 3.99. The number of likely N-dealkylation sites (N-methyl/N-ethyl adjacent to an activating group) is 1. The number of carbonyl (C=O) groups is 2. The van der Waals surface area contributed by atoms with Crippen molar-refractivity contribution in [2.75, 3.05) is 44.7 Å². The van der Waals surface area contributed by atoms with Gasteiger partial charge in [0.05, 0.1) is 6.54 Å². The Labute approximate surface area is 177 Å². The molecule has 2 heterocycles. The second-order valence-electron chi connectivity index (χ2n) is 7.59. The Kier molecular flexibility index (Phi) is 5.97. The second-order valence-corrected chi connectivity index (χ2v) is 7.59. The number of piperazine rings is 1. The molecule has 2 aromatic rings. The molecule has 0 bridgehead atoms. The summed E-state index contributed by atoms with van der Waals surface area (Å²) >= 11 is 0. The third kappa shape index (κ3) is 4.30. The van der Waals surface area contributed by atoms with E-state index in [-0.39, 0.29) is 24.4 Å². The molecular formula is C23H27N5O2. The molecule has 0 aromatic heterocycles. The lowest BCUT2D eigenvalue weighted by Crippen LogP contribution is -2.52. The van der Waals surface area contributed by atoms with Crippen LogP contribution in [0.3, 0.4) is 0 Å². The average molecular weight is 406 g/mol. The van der Waals surface area contributed by atoms with Gasteiger partial charge in [-0.1, -0.05) is 48.5 Å². The Bertz CT molecular complexity index is 922. The van der Waals surface area contributed by atoms with Crippen molar-refractivity contribution < 1.29 is 9.59 Å². The van der Waals surface area contributed by atoms with E-state index in [1.807, 2.05) is 23.1 Å². The van der Waals surface area contributed by atoms with E-state index < -0.39 is 0 Å². The van der Waals surface area contributed by atoms with Crippen LogP contribution in [0.2, 0.25) is 0 Å². The lowest BCUT2D eigenvalue weighted by molar-refractivity contribution is -0.134. The SMILES string of the molecule is CN1N=CCC1C(=O)NCC(=O)N1CCN(c2ccccc2-c2ccccc2)CC1. The lowest BCUT2D eigenvalue weighted by atomic mass is 10.0. The quantitative estimate of drug-likeness (QED) is 0.824. The molecule has 1 unspecified atom stereocenters. The number of hydrogen-bond donors (Lipinski definition) is 1. The molecule has 1 atom stereocenters. The van der Waals surface area contributed by atoms with Gasteiger partial charge in [0.15, 0.2) is 0 Å². The first kappa shape index (κ1) is 19.9. The molecule has 0 aliphatic carbocycles. The number of nitrogens with zero attached hydrogens (tertiary/aromatic N) is 4. The van der Waals surface area contributed by atoms with E-state index in [0.29, 0.717) is 19.5 Å². The number of nitrogens with one attached hydrogen (secondary N) is 1. The molecule has 30 heavy (non-hydrogen) atoms. The number of hydrazone groups is 1. The molecule has 7 nitrogen and oxygen atoms in total. The Hall–Kier alpha value is -3.35. The van der Waals surface area contributed by atoms with Crippen LogP contribution in [0.4, 0.5) is 5.69 Å². The number of carbonyl (C=O) groups excluding carboxylic acids is 2. The maximum atomic E-state index is 12.6. The molecular weight excluding hydrogens is 378 g/mol. The summed E-state index contributed by atoms with van der Waals surface area (Å²) in [5, 5.41) is 8.46. The normalized spacial score (nSPS) is 18.6. The summed E-state index contributed by atoms with van der Waals surface area (Å²) in [6, 6.07) is 18.4. The fourth-order valence-electron chi connectivity index (χ4n) is 3.99. The van der Waals surface area contributed by atoms with Crippen molar-refractivity contribution in [3.63, 3.8) is 0 Å². The van der Waals surface area contributed by atoms with Gasteiger partial charge in [-0.15, -0.1) is 0 Å². The molecule has 4 rings (SSSR count). The minimum Gasteiger partial charge on any atom is -0.367 e. The van der Waals surface area contributed by atoms with Gasteiger partial charge in [-0.2, -0.15) is 5.10 Å². The molecule has 1 saturated heterocycles. The number of rotatable bonds is 5. The van der Waals surface area contributed by atoms with Crippen molar-refractivity contribution in [2.45, 2.75) is 12.5 Å². The topological polar surface area (TPSA) is 68.2 Å². The van der Waals surface area contributed by atoms with Gasteiger partial charge in [0, 0.05) is 57.1 Å². The first-order chi connectivity index (χ1) is 14.6. The van der Waals surface area contributed by atoms with Crippen molar-refractivity contribution in [1.29, 1.82) is 0 Å². The minimum absolute atomic E-state index is 0.0315. The van der Waals surface area contributed by atoms with Crippen LogP contribution in [0.1, 0.15) is 6.42 Å². The average Bonchev–Trinajstić information content (AvgIpc) is 3.24. The van der Waals surface area contributed by atoms with E-state index in [2.05, 4.69) is 51.7 Å². The van der Waals surface area contributed by atoms with Crippen LogP contribution in [-0.4, -0.2) is 73.8 Å². The molecule has 7 heteroatoms. The zero-order valence-electron chi connectivity index (χ0n) is 17.2. The Morgan fingerprint density at radius 2 is 1.70 bits per heavy atom. The monoisotopic (exact) mass is 405 g/mol. The highest BCUT2D eigenvalue weighted by Crippen LogP contribution is 2.31. The van der Waals surface area contributed by atoms with E-state index in [1.165, 1.54) is 16.8 Å². The van der Waals surface area contributed by atoms with Gasteiger partial charge in [0.25, 0.3) is 0 Å². The summed E-state index contributed by atoms with van der Waals surface area (Å²) < 4.78 is 0. The van der Waals surface area contributed by atoms with Gasteiger partial charge in [0.2, 0.25) is 11.8 Å². The van der Waals surface area contributed by atoms with Crippen molar-refractivity contribution in [3.8, 4) is 11.1 Å². The van der Waals surface area contributed by atoms with Crippen LogP contribution in [-0.2, 0) is 9.59 Å². The van der Waals surface area contributed by atoms with E-state index in [4.69, 9.17) is 0 Å². The van der Waals surface area contributed by atoms with Crippen LogP contribution in [0.5, 0.6) is 0 Å². The molecule has 156 valence electrons. The van der Waals surface area contributed by atoms with Crippen LogP contribution < -0.4 is 10.2 Å². The standard InChI is InChI=1S/C23H27N5O2/c1-26-21(11-12-25-26)23(30)24-17-22(29)28-15-13-27(14-16-28)20-10-6-5-9-19(20)18-7-3-2-4-8-18/h2-10,12,21H,11,13-17H2,1H3,(H,24,30). The van der Waals surface area contributed by atoms with Crippen molar-refractivity contribution >= 4 is 23.7 Å². The van der Waals surface area contributed by atoms with E-state index in [0.717, 1.165) is 13.1 Å². The third-order valence-electron chi connectivity index (χ3n) is 5.72. The maximum Gasteiger partial charge on any atom is 0.245 e. The smallest absolute Gasteiger partial charge is 0.245 e. The predicted molar refractivity (Wildman–Crippen MR) is 118 cm³/mol. The van der Waals surface area contributed by atoms with Gasteiger partial charge in [-0.3, -0.25) is 14.6 Å². The van der Waals surface area contributed by atoms with E-state index in [1.54, 1.807) is 18.3 Å². The van der Waals surface area contributed by atoms with Crippen LogP contribution in [0, 0.1) is 0 Å². The fraction of sp³-hybridized carbons (Fsp3) is 0.348. The number of hydrogen-bond acceptors (Lipinski definition) is 5. The number of benzene rings is 2. The molecule has 2 amide bonds. The Balaban J connectivity index is 1.32. The second kappa shape index (κ2) is 8.98. The number of anilines is 1. The first-order valence-electron chi connectivity index (χ1n) is 10.3. The van der Waals surface area contributed by atoms with Crippen LogP contribution in [0.15, 0.2) is 59.7 Å². The highest BCUT2D eigenvalue weighted by molar-refractivity contribution is 5.90. The van der Waals surface area contributed by atoms with Gasteiger partial charge >= 0.3 is 0 Å². The summed E-state index contributed by atoms with van der Waals surface area (Å²) in [5.41, 5.74) is 3.58. The molecule has 0 radical (unpaired) electrons. The number of amides is 2. The third-order valence-corrected chi connectivity index (χ3v) is 5.72. The highest BCUT2D eigenvalue weighted by atomic mass is 16.2. The van der Waals surface area contributed by atoms with Crippen LogP contribution >= 0.6 is 0 Å². The minimum atomic E-state index is -0.316. The van der Waals surface area contributed by atoms with Gasteiger partial charge in [0.1, 0.15) is 6.04 Å². The maximum absolute atomic E-state index is 12.6. The summed E-state index contributed by atoms with van der Waals surface area (Å²) in [6.45, 7) is 2.85. The van der Waals surface area contributed by atoms with Gasteiger partial charge < -0.3 is 15.1 Å². The Morgan fingerprint density at radius 3 is 2.40 bits per heavy atom. The molecule has 0 saturated carbocycles. The largest absolute Gasteiger partial charge is 0.367 e. The van der Waals surface area contributed by atoms with Gasteiger partial charge in [-0.05, 0) is 11.6 Å². The molecule has 1 N–H and O–H groups in total. The number of para-hydroxylation sites is 1. The van der Waals surface area contributed by atoms with E-state index >= 15 is 0 Å². The summed E-state index contributed by atoms with van der Waals surface area (Å²) in [7, 11) is 1.77. The highest BCUT2D eigenvalue weighted by Gasteiger charge is 2.27. The molecule has 0 spiro atoms. The zero-order chi connectivity index (χ0) is 20.9. The van der Waals surface area contributed by atoms with Crippen molar-refractivity contribution in [3.05, 3.63) is 54.6 Å². The molecule has 2 aliphatic rings. The van der Waals surface area contributed by atoms with Crippen molar-refractivity contribution in [1.82, 2.24) is 15.2 Å². The molecule has 2 aromatic carbocycles. The predicted octanol–water partition coefficient (Wildman–Crippen LogP) is 1.81. The lowest BCUT2D eigenvalue weighted by Gasteiger charge is -2.37. The molecule has 2 aliphatic heterocycles. The van der Waals surface area contributed by atoms with Crippen molar-refractivity contribution in [2.24, 2.45) is 5.10 Å². The summed E-state index contributed by atoms with van der Waals surface area (Å²) in [5.74, 6) is -0.195.